The quantitative estimate of drug-likeness (QED) is 0.794. The van der Waals surface area contributed by atoms with Crippen molar-refractivity contribution in [3.8, 4) is 0 Å². The molecule has 90 valence electrons. The topological polar surface area (TPSA) is 12.0 Å². The van der Waals surface area contributed by atoms with Crippen LogP contribution in [0.5, 0.6) is 0 Å². The Hall–Kier alpha value is -0.180. The molecule has 1 N–H and O–H groups in total. The number of benzene rings is 1. The fourth-order valence-electron chi connectivity index (χ4n) is 1.31. The maximum Gasteiger partial charge on any atom is 0.0417 e. The Bertz CT molecular complexity index is 339. The van der Waals surface area contributed by atoms with Crippen molar-refractivity contribution in [3.05, 3.63) is 28.8 Å². The fraction of sp³-hybridized carbons (Fsp3) is 0.538. The monoisotopic (exact) mass is 257 g/mol. The van der Waals surface area contributed by atoms with Crippen LogP contribution in [0.4, 0.5) is 0 Å². The molecule has 1 rings (SSSR count). The van der Waals surface area contributed by atoms with E-state index in [2.05, 4.69) is 38.2 Å². The van der Waals surface area contributed by atoms with Crippen molar-refractivity contribution in [1.82, 2.24) is 5.32 Å². The molecule has 0 aliphatic rings. The first kappa shape index (κ1) is 13.9. The number of halogens is 1. The smallest absolute Gasteiger partial charge is 0.0417 e. The summed E-state index contributed by atoms with van der Waals surface area (Å²) in [4.78, 5) is 1.29. The van der Waals surface area contributed by atoms with Gasteiger partial charge >= 0.3 is 0 Å². The lowest BCUT2D eigenvalue weighted by Gasteiger charge is -2.17. The Morgan fingerprint density at radius 1 is 1.31 bits per heavy atom. The molecule has 0 fully saturated rings. The zero-order valence-corrected chi connectivity index (χ0v) is 12.0. The molecule has 1 unspecified atom stereocenters. The Labute approximate surface area is 108 Å². The molecule has 0 aliphatic carbocycles. The van der Waals surface area contributed by atoms with Crippen LogP contribution in [0.2, 0.25) is 5.02 Å². The van der Waals surface area contributed by atoms with Crippen molar-refractivity contribution in [1.29, 1.82) is 0 Å². The first-order valence-electron chi connectivity index (χ1n) is 5.64. The van der Waals surface area contributed by atoms with Crippen molar-refractivity contribution in [2.24, 2.45) is 5.92 Å². The molecule has 1 atom stereocenters. The molecular formula is C13H20ClNS. The van der Waals surface area contributed by atoms with Gasteiger partial charge in [0.2, 0.25) is 0 Å². The molecule has 16 heavy (non-hydrogen) atoms. The van der Waals surface area contributed by atoms with E-state index in [1.807, 2.05) is 24.9 Å². The van der Waals surface area contributed by atoms with Gasteiger partial charge in [0.25, 0.3) is 0 Å². The third-order valence-corrected chi connectivity index (χ3v) is 4.43. The maximum atomic E-state index is 6.05. The highest BCUT2D eigenvalue weighted by atomic mass is 35.5. The zero-order valence-electron chi connectivity index (χ0n) is 10.4. The highest BCUT2D eigenvalue weighted by molar-refractivity contribution is 8.00. The predicted molar refractivity (Wildman–Crippen MR) is 74.4 cm³/mol. The first-order valence-corrected chi connectivity index (χ1v) is 6.90. The maximum absolute atomic E-state index is 6.05. The standard InChI is InChI=1S/C13H20ClNS/c1-9(2)10(3)16-13-7-12(14)6-5-11(13)8-15-4/h5-7,9-10,15H,8H2,1-4H3. The van der Waals surface area contributed by atoms with Gasteiger partial charge < -0.3 is 5.32 Å². The Morgan fingerprint density at radius 2 is 2.00 bits per heavy atom. The number of hydrogen-bond acceptors (Lipinski definition) is 2. The molecule has 1 aromatic carbocycles. The van der Waals surface area contributed by atoms with E-state index >= 15 is 0 Å². The minimum absolute atomic E-state index is 0.606. The molecule has 3 heteroatoms. The molecule has 0 saturated heterocycles. The van der Waals surface area contributed by atoms with Crippen LogP contribution in [0.1, 0.15) is 26.3 Å². The van der Waals surface area contributed by atoms with Gasteiger partial charge in [-0.2, -0.15) is 0 Å². The van der Waals surface area contributed by atoms with Gasteiger partial charge in [0, 0.05) is 21.7 Å². The van der Waals surface area contributed by atoms with Crippen molar-refractivity contribution < 1.29 is 0 Å². The van der Waals surface area contributed by atoms with E-state index in [9.17, 15) is 0 Å². The molecule has 0 heterocycles. The highest BCUT2D eigenvalue weighted by Gasteiger charge is 2.11. The van der Waals surface area contributed by atoms with Crippen molar-refractivity contribution in [2.75, 3.05) is 7.05 Å². The van der Waals surface area contributed by atoms with Gasteiger partial charge in [0.05, 0.1) is 0 Å². The average Bonchev–Trinajstić information content (AvgIpc) is 2.22. The molecule has 0 aliphatic heterocycles. The van der Waals surface area contributed by atoms with Gasteiger partial charge in [0.15, 0.2) is 0 Å². The third kappa shape index (κ3) is 4.00. The molecule has 0 aromatic heterocycles. The van der Waals surface area contributed by atoms with E-state index in [4.69, 9.17) is 11.6 Å². The minimum Gasteiger partial charge on any atom is -0.316 e. The summed E-state index contributed by atoms with van der Waals surface area (Å²) in [6.07, 6.45) is 0. The number of hydrogen-bond donors (Lipinski definition) is 1. The van der Waals surface area contributed by atoms with Gasteiger partial charge in [-0.05, 0) is 30.7 Å². The summed E-state index contributed by atoms with van der Waals surface area (Å²) < 4.78 is 0. The van der Waals surface area contributed by atoms with Gasteiger partial charge in [-0.25, -0.2) is 0 Å². The molecule has 1 nitrogen and oxygen atoms in total. The van der Waals surface area contributed by atoms with Crippen LogP contribution in [0.3, 0.4) is 0 Å². The number of rotatable bonds is 5. The van der Waals surface area contributed by atoms with E-state index < -0.39 is 0 Å². The van der Waals surface area contributed by atoms with Gasteiger partial charge in [0.1, 0.15) is 0 Å². The third-order valence-electron chi connectivity index (χ3n) is 2.65. The SMILES string of the molecule is CNCc1ccc(Cl)cc1SC(C)C(C)C. The summed E-state index contributed by atoms with van der Waals surface area (Å²) in [7, 11) is 1.97. The second-order valence-electron chi connectivity index (χ2n) is 4.35. The number of thioether (sulfide) groups is 1. The summed E-state index contributed by atoms with van der Waals surface area (Å²) >= 11 is 7.95. The van der Waals surface area contributed by atoms with Gasteiger partial charge in [-0.1, -0.05) is 38.4 Å². The second kappa shape index (κ2) is 6.53. The molecule has 0 bridgehead atoms. The van der Waals surface area contributed by atoms with Crippen LogP contribution >= 0.6 is 23.4 Å². The molecule has 0 spiro atoms. The lowest BCUT2D eigenvalue weighted by Crippen LogP contribution is -2.09. The zero-order chi connectivity index (χ0) is 12.1. The Morgan fingerprint density at radius 3 is 2.56 bits per heavy atom. The normalized spacial score (nSPS) is 13.1. The minimum atomic E-state index is 0.606. The van der Waals surface area contributed by atoms with Crippen LogP contribution in [-0.4, -0.2) is 12.3 Å². The lowest BCUT2D eigenvalue weighted by atomic mass is 10.2. The fourth-order valence-corrected chi connectivity index (χ4v) is 2.71. The molecule has 0 radical (unpaired) electrons. The molecular weight excluding hydrogens is 238 g/mol. The summed E-state index contributed by atoms with van der Waals surface area (Å²) in [5, 5.41) is 4.61. The van der Waals surface area contributed by atoms with E-state index in [0.29, 0.717) is 11.2 Å². The summed E-state index contributed by atoms with van der Waals surface area (Å²) in [6.45, 7) is 7.66. The summed E-state index contributed by atoms with van der Waals surface area (Å²) in [5.74, 6) is 0.673. The van der Waals surface area contributed by atoms with E-state index in [-0.39, 0.29) is 0 Å². The largest absolute Gasteiger partial charge is 0.316 e. The average molecular weight is 258 g/mol. The first-order chi connectivity index (χ1) is 7.54. The van der Waals surface area contributed by atoms with E-state index in [0.717, 1.165) is 11.6 Å². The lowest BCUT2D eigenvalue weighted by molar-refractivity contribution is 0.642. The molecule has 0 amide bonds. The van der Waals surface area contributed by atoms with Gasteiger partial charge in [-0.3, -0.25) is 0 Å². The predicted octanol–water partition coefficient (Wildman–Crippen LogP) is 4.20. The second-order valence-corrected chi connectivity index (χ2v) is 6.20. The number of nitrogens with one attached hydrogen (secondary N) is 1. The van der Waals surface area contributed by atoms with Crippen molar-refractivity contribution in [3.63, 3.8) is 0 Å². The van der Waals surface area contributed by atoms with Crippen LogP contribution < -0.4 is 5.32 Å². The molecule has 1 aromatic rings. The van der Waals surface area contributed by atoms with E-state index in [1.54, 1.807) is 0 Å². The van der Waals surface area contributed by atoms with Crippen LogP contribution in [0.25, 0.3) is 0 Å². The Kier molecular flexibility index (Phi) is 5.67. The van der Waals surface area contributed by atoms with Crippen LogP contribution in [0.15, 0.2) is 23.1 Å². The highest BCUT2D eigenvalue weighted by Crippen LogP contribution is 2.32. The van der Waals surface area contributed by atoms with Crippen LogP contribution in [0, 0.1) is 5.92 Å². The van der Waals surface area contributed by atoms with E-state index in [1.165, 1.54) is 10.5 Å². The van der Waals surface area contributed by atoms with Crippen molar-refractivity contribution >= 4 is 23.4 Å². The molecule has 0 saturated carbocycles. The summed E-state index contributed by atoms with van der Waals surface area (Å²) in [6, 6.07) is 6.13. The Balaban J connectivity index is 2.87. The van der Waals surface area contributed by atoms with Crippen LogP contribution in [-0.2, 0) is 6.54 Å². The van der Waals surface area contributed by atoms with Gasteiger partial charge in [-0.15, -0.1) is 11.8 Å². The van der Waals surface area contributed by atoms with Crippen molar-refractivity contribution in [2.45, 2.75) is 37.5 Å². The summed E-state index contributed by atoms with van der Waals surface area (Å²) in [5.41, 5.74) is 1.32.